The van der Waals surface area contributed by atoms with Gasteiger partial charge in [0.15, 0.2) is 5.79 Å². The summed E-state index contributed by atoms with van der Waals surface area (Å²) in [5.74, 6) is -0.318. The molecule has 180 valence electrons. The molecule has 1 spiro atoms. The van der Waals surface area contributed by atoms with Crippen LogP contribution in [-0.4, -0.2) is 49.9 Å². The molecule has 5 rings (SSSR count). The van der Waals surface area contributed by atoms with Gasteiger partial charge in [-0.2, -0.15) is 5.26 Å². The fourth-order valence-electron chi connectivity index (χ4n) is 4.35. The van der Waals surface area contributed by atoms with Crippen molar-refractivity contribution in [3.8, 4) is 6.07 Å². The van der Waals surface area contributed by atoms with Gasteiger partial charge in [0.05, 0.1) is 23.7 Å². The number of benzene rings is 1. The molecule has 0 bridgehead atoms. The third-order valence-electron chi connectivity index (χ3n) is 6.19. The van der Waals surface area contributed by atoms with Crippen molar-refractivity contribution in [2.45, 2.75) is 23.5 Å². The molecule has 1 aromatic carbocycles. The van der Waals surface area contributed by atoms with Crippen LogP contribution in [0, 0.1) is 11.3 Å². The molecule has 3 aromatic rings. The number of allylic oxidation sites excluding steroid dienone is 1. The van der Waals surface area contributed by atoms with Crippen molar-refractivity contribution in [1.29, 1.82) is 5.26 Å². The topological polar surface area (TPSA) is 114 Å². The average Bonchev–Trinajstić information content (AvgIpc) is 3.32. The van der Waals surface area contributed by atoms with E-state index in [4.69, 9.17) is 21.1 Å². The van der Waals surface area contributed by atoms with Crippen LogP contribution in [-0.2, 0) is 19.3 Å². The number of aromatic nitrogens is 2. The van der Waals surface area contributed by atoms with Crippen molar-refractivity contribution in [1.82, 2.24) is 9.38 Å². The van der Waals surface area contributed by atoms with Gasteiger partial charge in [-0.25, -0.2) is 13.4 Å². The molecule has 2 fully saturated rings. The highest BCUT2D eigenvalue weighted by Gasteiger charge is 2.40. The molecule has 0 radical (unpaired) electrons. The van der Waals surface area contributed by atoms with Crippen molar-refractivity contribution < 1.29 is 17.9 Å². The van der Waals surface area contributed by atoms with E-state index in [-0.39, 0.29) is 10.5 Å². The van der Waals surface area contributed by atoms with Crippen LogP contribution in [0.5, 0.6) is 0 Å². The van der Waals surface area contributed by atoms with Crippen LogP contribution in [0.15, 0.2) is 63.3 Å². The number of piperidine rings is 1. The first-order valence-corrected chi connectivity index (χ1v) is 12.9. The highest BCUT2D eigenvalue weighted by molar-refractivity contribution is 7.95. The van der Waals surface area contributed by atoms with E-state index in [9.17, 15) is 18.5 Å². The third kappa shape index (κ3) is 4.32. The number of nitrogens with zero attached hydrogens (tertiary/aromatic N) is 4. The van der Waals surface area contributed by atoms with E-state index in [1.807, 2.05) is 4.90 Å². The van der Waals surface area contributed by atoms with Gasteiger partial charge in [-0.05, 0) is 42.5 Å². The van der Waals surface area contributed by atoms with Crippen LogP contribution in [0.3, 0.4) is 0 Å². The largest absolute Gasteiger partial charge is 0.355 e. The first-order chi connectivity index (χ1) is 16.8. The fraction of sp³-hybridized carbons (Fsp3) is 0.292. The van der Waals surface area contributed by atoms with Crippen molar-refractivity contribution in [2.24, 2.45) is 0 Å². The van der Waals surface area contributed by atoms with E-state index in [2.05, 4.69) is 4.98 Å². The lowest BCUT2D eigenvalue weighted by Gasteiger charge is -2.38. The van der Waals surface area contributed by atoms with Crippen LogP contribution >= 0.6 is 11.6 Å². The Balaban J connectivity index is 1.62. The Hall–Kier alpha value is -3.23. The number of hydrogen-bond acceptors (Lipinski definition) is 8. The first-order valence-electron chi connectivity index (χ1n) is 11.0. The van der Waals surface area contributed by atoms with Gasteiger partial charge in [0, 0.05) is 37.2 Å². The van der Waals surface area contributed by atoms with E-state index < -0.39 is 26.1 Å². The molecule has 9 nitrogen and oxygen atoms in total. The molecule has 2 saturated heterocycles. The van der Waals surface area contributed by atoms with Crippen LogP contribution in [0.2, 0.25) is 5.02 Å². The number of sulfone groups is 1. The minimum absolute atomic E-state index is 0.0204. The smallest absolute Gasteiger partial charge is 0.267 e. The summed E-state index contributed by atoms with van der Waals surface area (Å²) >= 11 is 5.88. The molecule has 2 aromatic heterocycles. The summed E-state index contributed by atoms with van der Waals surface area (Å²) in [7, 11) is -4.19. The molecule has 0 atom stereocenters. The first kappa shape index (κ1) is 23.5. The van der Waals surface area contributed by atoms with Gasteiger partial charge in [-0.15, -0.1) is 0 Å². The maximum Gasteiger partial charge on any atom is 0.267 e. The van der Waals surface area contributed by atoms with Crippen molar-refractivity contribution in [3.05, 3.63) is 74.5 Å². The van der Waals surface area contributed by atoms with Crippen LogP contribution in [0.25, 0.3) is 11.7 Å². The second-order valence-electron chi connectivity index (χ2n) is 8.26. The molecule has 11 heteroatoms. The number of halogens is 1. The van der Waals surface area contributed by atoms with Gasteiger partial charge in [0.1, 0.15) is 22.4 Å². The minimum atomic E-state index is -4.19. The lowest BCUT2D eigenvalue weighted by Crippen LogP contribution is -2.46. The van der Waals surface area contributed by atoms with Crippen molar-refractivity contribution >= 4 is 39.0 Å². The molecule has 0 aliphatic carbocycles. The molecule has 2 aliphatic rings. The summed E-state index contributed by atoms with van der Waals surface area (Å²) < 4.78 is 39.3. The Morgan fingerprint density at radius 2 is 1.80 bits per heavy atom. The van der Waals surface area contributed by atoms with E-state index in [0.717, 1.165) is 6.08 Å². The number of nitriles is 1. The molecule has 0 saturated carbocycles. The second kappa shape index (κ2) is 9.09. The van der Waals surface area contributed by atoms with Gasteiger partial charge in [0.25, 0.3) is 5.56 Å². The fourth-order valence-corrected chi connectivity index (χ4v) is 5.61. The number of hydrogen-bond donors (Lipinski definition) is 0. The average molecular weight is 513 g/mol. The standard InChI is InChI=1S/C24H21ClN4O5S/c25-17-4-6-18(7-5-17)35(31,32)19(16-26)15-20-22(27-21-3-1-2-10-29(21)23(20)30)28-11-8-24(9-12-28)33-13-14-34-24/h1-7,10,15H,8-9,11-14H2/b19-15+. The summed E-state index contributed by atoms with van der Waals surface area (Å²) in [4.78, 5) is 19.4. The lowest BCUT2D eigenvalue weighted by molar-refractivity contribution is -0.169. The third-order valence-corrected chi connectivity index (χ3v) is 8.12. The zero-order valence-corrected chi connectivity index (χ0v) is 20.1. The predicted octanol–water partition coefficient (Wildman–Crippen LogP) is 3.03. The quantitative estimate of drug-likeness (QED) is 0.490. The van der Waals surface area contributed by atoms with Crippen molar-refractivity contribution in [3.63, 3.8) is 0 Å². The lowest BCUT2D eigenvalue weighted by atomic mass is 10.0. The minimum Gasteiger partial charge on any atom is -0.355 e. The molecule has 2 aliphatic heterocycles. The summed E-state index contributed by atoms with van der Waals surface area (Å²) in [5, 5.41) is 10.1. The number of anilines is 1. The van der Waals surface area contributed by atoms with Crippen LogP contribution in [0.1, 0.15) is 18.4 Å². The molecular formula is C24H21ClN4O5S. The molecule has 0 N–H and O–H groups in total. The molecular weight excluding hydrogens is 492 g/mol. The van der Waals surface area contributed by atoms with Gasteiger partial charge in [-0.3, -0.25) is 9.20 Å². The number of pyridine rings is 1. The number of ether oxygens (including phenoxy) is 2. The number of fused-ring (bicyclic) bond motifs is 1. The zero-order chi connectivity index (χ0) is 24.6. The summed E-state index contributed by atoms with van der Waals surface area (Å²) in [6.07, 6.45) is 3.80. The van der Waals surface area contributed by atoms with Crippen molar-refractivity contribution in [2.75, 3.05) is 31.2 Å². The Bertz CT molecular complexity index is 1510. The summed E-state index contributed by atoms with van der Waals surface area (Å²) in [6, 6.07) is 12.4. The maximum atomic E-state index is 13.5. The Kier molecular flexibility index (Phi) is 6.11. The highest BCUT2D eigenvalue weighted by Crippen LogP contribution is 2.34. The van der Waals surface area contributed by atoms with Gasteiger partial charge >= 0.3 is 0 Å². The molecule has 4 heterocycles. The second-order valence-corrected chi connectivity index (χ2v) is 10.6. The van der Waals surface area contributed by atoms with Crippen LogP contribution in [0.4, 0.5) is 5.82 Å². The normalized spacial score (nSPS) is 18.2. The highest BCUT2D eigenvalue weighted by atomic mass is 35.5. The van der Waals surface area contributed by atoms with E-state index in [0.29, 0.717) is 55.6 Å². The van der Waals surface area contributed by atoms with Crippen LogP contribution < -0.4 is 10.5 Å². The van der Waals surface area contributed by atoms with E-state index >= 15 is 0 Å². The monoisotopic (exact) mass is 512 g/mol. The number of rotatable bonds is 4. The van der Waals surface area contributed by atoms with Gasteiger partial charge in [-0.1, -0.05) is 17.7 Å². The molecule has 0 unspecified atom stereocenters. The van der Waals surface area contributed by atoms with Gasteiger partial charge < -0.3 is 14.4 Å². The van der Waals surface area contributed by atoms with E-state index in [1.165, 1.54) is 28.7 Å². The molecule has 0 amide bonds. The Morgan fingerprint density at radius 3 is 2.46 bits per heavy atom. The summed E-state index contributed by atoms with van der Waals surface area (Å²) in [6.45, 7) is 2.06. The predicted molar refractivity (Wildman–Crippen MR) is 130 cm³/mol. The van der Waals surface area contributed by atoms with E-state index in [1.54, 1.807) is 30.5 Å². The SMILES string of the molecule is N#C/C(=C\c1c(N2CCC3(CC2)OCCO3)nc2ccccn2c1=O)S(=O)(=O)c1ccc(Cl)cc1. The zero-order valence-electron chi connectivity index (χ0n) is 18.6. The van der Waals surface area contributed by atoms with Gasteiger partial charge in [0.2, 0.25) is 9.84 Å². The Morgan fingerprint density at radius 1 is 1.11 bits per heavy atom. The summed E-state index contributed by atoms with van der Waals surface area (Å²) in [5.41, 5.74) is -0.0392. The maximum absolute atomic E-state index is 13.5. The Labute approximate surface area is 206 Å². The molecule has 35 heavy (non-hydrogen) atoms.